The van der Waals surface area contributed by atoms with E-state index in [-0.39, 0.29) is 18.2 Å². The average molecular weight is 677 g/mol. The number of β-lactam (4-membered cyclic amide) rings is 1. The molecular formula is C44H40N2O3S. The van der Waals surface area contributed by atoms with E-state index in [2.05, 4.69) is 65.7 Å². The van der Waals surface area contributed by atoms with E-state index >= 15 is 0 Å². The quantitative estimate of drug-likeness (QED) is 0.0476. The Hall–Kier alpha value is -5.35. The Morgan fingerprint density at radius 1 is 0.700 bits per heavy atom. The van der Waals surface area contributed by atoms with Crippen molar-refractivity contribution in [2.45, 2.75) is 43.8 Å². The highest BCUT2D eigenvalue weighted by Gasteiger charge is 2.54. The van der Waals surface area contributed by atoms with E-state index in [0.29, 0.717) is 17.7 Å². The van der Waals surface area contributed by atoms with E-state index in [0.717, 1.165) is 27.8 Å². The van der Waals surface area contributed by atoms with Gasteiger partial charge in [0.2, 0.25) is 5.91 Å². The number of amides is 1. The Morgan fingerprint density at radius 2 is 1.16 bits per heavy atom. The molecule has 1 saturated heterocycles. The lowest BCUT2D eigenvalue weighted by Crippen LogP contribution is -2.72. The highest BCUT2D eigenvalue weighted by Crippen LogP contribution is 2.42. The van der Waals surface area contributed by atoms with Gasteiger partial charge in [-0.05, 0) is 47.2 Å². The lowest BCUT2D eigenvalue weighted by Gasteiger charge is -2.51. The Bertz CT molecular complexity index is 1870. The number of nitrogens with one attached hydrogen (secondary N) is 1. The van der Waals surface area contributed by atoms with Gasteiger partial charge in [-0.2, -0.15) is 0 Å². The molecule has 6 rings (SSSR count). The lowest BCUT2D eigenvalue weighted by atomic mass is 9.76. The van der Waals surface area contributed by atoms with Crippen LogP contribution >= 0.6 is 11.8 Å². The molecule has 0 aliphatic carbocycles. The monoisotopic (exact) mass is 676 g/mol. The van der Waals surface area contributed by atoms with Crippen LogP contribution in [0.15, 0.2) is 163 Å². The Labute approximate surface area is 299 Å². The Morgan fingerprint density at radius 3 is 1.64 bits per heavy atom. The van der Waals surface area contributed by atoms with Gasteiger partial charge in [-0.3, -0.25) is 15.0 Å². The van der Waals surface area contributed by atoms with Gasteiger partial charge in [0.15, 0.2) is 0 Å². The molecule has 0 saturated carbocycles. The normalized spacial score (nSPS) is 15.3. The number of esters is 1. The number of carbonyl (C=O) groups is 2. The zero-order valence-corrected chi connectivity index (χ0v) is 29.1. The molecule has 250 valence electrons. The molecule has 50 heavy (non-hydrogen) atoms. The predicted molar refractivity (Wildman–Crippen MR) is 202 cm³/mol. The molecule has 0 radical (unpaired) electrons. The summed E-state index contributed by atoms with van der Waals surface area (Å²) in [5.41, 5.74) is 5.13. The number of ether oxygens (including phenoxy) is 1. The molecule has 1 aliphatic rings. The Balaban J connectivity index is 1.36. The van der Waals surface area contributed by atoms with Gasteiger partial charge in [0, 0.05) is 6.42 Å². The van der Waals surface area contributed by atoms with E-state index in [1.165, 1.54) is 0 Å². The van der Waals surface area contributed by atoms with Gasteiger partial charge >= 0.3 is 5.97 Å². The minimum atomic E-state index is -0.868. The second-order valence-electron chi connectivity index (χ2n) is 12.3. The second kappa shape index (κ2) is 16.4. The van der Waals surface area contributed by atoms with E-state index in [9.17, 15) is 9.59 Å². The third-order valence-electron chi connectivity index (χ3n) is 8.74. The number of rotatable bonds is 12. The zero-order valence-electron chi connectivity index (χ0n) is 28.3. The molecule has 1 fully saturated rings. The van der Waals surface area contributed by atoms with Gasteiger partial charge in [0.25, 0.3) is 0 Å². The van der Waals surface area contributed by atoms with E-state index < -0.39 is 22.9 Å². The smallest absolute Gasteiger partial charge is 0.355 e. The van der Waals surface area contributed by atoms with Crippen molar-refractivity contribution in [1.29, 1.82) is 0 Å². The molecule has 1 amide bonds. The molecule has 1 heterocycles. The molecular weight excluding hydrogens is 637 g/mol. The average Bonchev–Trinajstić information content (AvgIpc) is 3.17. The van der Waals surface area contributed by atoms with Gasteiger partial charge in [-0.25, -0.2) is 4.79 Å². The SMILES string of the molecule is CC(C)=C(C(=O)OCc1ccccc1)N1C(=O)C(NC(c2ccccc2)(c2ccccc2)c2ccccc2)C1SCC#CCc1ccccc1. The van der Waals surface area contributed by atoms with Gasteiger partial charge < -0.3 is 4.74 Å². The van der Waals surface area contributed by atoms with Gasteiger partial charge in [0.05, 0.1) is 11.3 Å². The van der Waals surface area contributed by atoms with Crippen LogP contribution in [0, 0.1) is 11.8 Å². The van der Waals surface area contributed by atoms with Crippen LogP contribution in [0.2, 0.25) is 0 Å². The molecule has 0 spiro atoms. The second-order valence-corrected chi connectivity index (χ2v) is 13.4. The minimum Gasteiger partial charge on any atom is -0.456 e. The number of nitrogens with zero attached hydrogens (tertiary/aromatic N) is 1. The van der Waals surface area contributed by atoms with Crippen LogP contribution in [0.1, 0.15) is 41.7 Å². The van der Waals surface area contributed by atoms with Gasteiger partial charge in [0.1, 0.15) is 23.7 Å². The van der Waals surface area contributed by atoms with Crippen molar-refractivity contribution in [1.82, 2.24) is 10.2 Å². The molecule has 0 aromatic heterocycles. The molecule has 2 atom stereocenters. The van der Waals surface area contributed by atoms with Crippen LogP contribution in [0.5, 0.6) is 0 Å². The van der Waals surface area contributed by atoms with E-state index in [4.69, 9.17) is 4.74 Å². The van der Waals surface area contributed by atoms with Crippen LogP contribution in [-0.4, -0.2) is 33.9 Å². The van der Waals surface area contributed by atoms with Gasteiger partial charge in [-0.1, -0.05) is 164 Å². The summed E-state index contributed by atoms with van der Waals surface area (Å²) in [4.78, 5) is 29.9. The number of likely N-dealkylation sites (tertiary alicyclic amines) is 1. The highest BCUT2D eigenvalue weighted by atomic mass is 32.2. The zero-order chi connectivity index (χ0) is 34.8. The van der Waals surface area contributed by atoms with E-state index in [1.807, 2.05) is 117 Å². The molecule has 0 bridgehead atoms. The van der Waals surface area contributed by atoms with Crippen molar-refractivity contribution in [2.75, 3.05) is 5.75 Å². The predicted octanol–water partition coefficient (Wildman–Crippen LogP) is 8.12. The fourth-order valence-corrected chi connectivity index (χ4v) is 7.42. The molecule has 5 aromatic carbocycles. The number of thioether (sulfide) groups is 1. The molecule has 1 N–H and O–H groups in total. The first kappa shape index (κ1) is 34.5. The summed E-state index contributed by atoms with van der Waals surface area (Å²) >= 11 is 1.55. The maximum absolute atomic E-state index is 14.5. The van der Waals surface area contributed by atoms with E-state index in [1.54, 1.807) is 16.7 Å². The fourth-order valence-electron chi connectivity index (χ4n) is 6.33. The largest absolute Gasteiger partial charge is 0.456 e. The molecule has 5 nitrogen and oxygen atoms in total. The van der Waals surface area contributed by atoms with Crippen molar-refractivity contribution < 1.29 is 14.3 Å². The fraction of sp³-hybridized carbons (Fsp3) is 0.182. The first-order chi connectivity index (χ1) is 24.5. The van der Waals surface area contributed by atoms with Crippen molar-refractivity contribution in [3.05, 3.63) is 191 Å². The topological polar surface area (TPSA) is 58.6 Å². The Kier molecular flexibility index (Phi) is 11.3. The third kappa shape index (κ3) is 7.60. The summed E-state index contributed by atoms with van der Waals surface area (Å²) in [6, 6.07) is 49.7. The number of allylic oxidation sites excluding steroid dienone is 1. The minimum absolute atomic E-state index is 0.113. The van der Waals surface area contributed by atoms with Crippen LogP contribution in [0.25, 0.3) is 0 Å². The molecule has 6 heteroatoms. The van der Waals surface area contributed by atoms with Crippen molar-refractivity contribution in [2.24, 2.45) is 0 Å². The van der Waals surface area contributed by atoms with Crippen molar-refractivity contribution in [3.8, 4) is 11.8 Å². The summed E-state index contributed by atoms with van der Waals surface area (Å²) in [5, 5.41) is 3.44. The maximum atomic E-state index is 14.5. The highest BCUT2D eigenvalue weighted by molar-refractivity contribution is 8.00. The number of carbonyl (C=O) groups excluding carboxylic acids is 2. The summed E-state index contributed by atoms with van der Waals surface area (Å²) < 4.78 is 5.79. The summed E-state index contributed by atoms with van der Waals surface area (Å²) in [6.45, 7) is 3.80. The number of hydrogen-bond donors (Lipinski definition) is 1. The number of hydrogen-bond acceptors (Lipinski definition) is 5. The summed E-state index contributed by atoms with van der Waals surface area (Å²) in [7, 11) is 0. The van der Waals surface area contributed by atoms with Gasteiger partial charge in [-0.15, -0.1) is 11.8 Å². The van der Waals surface area contributed by atoms with Crippen molar-refractivity contribution in [3.63, 3.8) is 0 Å². The van der Waals surface area contributed by atoms with Crippen LogP contribution in [0.4, 0.5) is 0 Å². The summed E-state index contributed by atoms with van der Waals surface area (Å²) in [5.74, 6) is 6.35. The molecule has 1 aliphatic heterocycles. The van der Waals surface area contributed by atoms with Crippen LogP contribution in [-0.2, 0) is 32.9 Å². The van der Waals surface area contributed by atoms with Crippen molar-refractivity contribution >= 4 is 23.6 Å². The third-order valence-corrected chi connectivity index (χ3v) is 9.88. The molecule has 5 aromatic rings. The first-order valence-electron chi connectivity index (χ1n) is 16.8. The lowest BCUT2D eigenvalue weighted by molar-refractivity contribution is -0.152. The molecule has 2 unspecified atom stereocenters. The van der Waals surface area contributed by atoms with Crippen LogP contribution in [0.3, 0.4) is 0 Å². The standard InChI is InChI=1S/C44H40N2O3S/c1-33(2)40(43(48)49-32-35-23-10-4-11-24-35)46-41(47)39(42(46)50-31-19-18-22-34-20-8-3-9-21-34)45-44(36-25-12-5-13-26-36,37-27-14-6-15-28-37)38-29-16-7-17-30-38/h3-17,20-21,23-30,39,42,45H,22,31-32H2,1-2H3. The van der Waals surface area contributed by atoms with Crippen LogP contribution < -0.4 is 5.32 Å². The summed E-state index contributed by atoms with van der Waals surface area (Å²) in [6.07, 6.45) is 0.639. The first-order valence-corrected chi connectivity index (χ1v) is 17.8. The number of benzene rings is 5. The maximum Gasteiger partial charge on any atom is 0.355 e.